The molecular weight excluding hydrogens is 394 g/mol. The first kappa shape index (κ1) is 19.5. The van der Waals surface area contributed by atoms with Gasteiger partial charge in [-0.1, -0.05) is 26.8 Å². The Balaban J connectivity index is 0.00000153. The first-order chi connectivity index (χ1) is 14.7. The number of H-pyrrole nitrogens is 1. The molecule has 164 valence electrons. The van der Waals surface area contributed by atoms with Crippen LogP contribution in [0.1, 0.15) is 58.1 Å². The van der Waals surface area contributed by atoms with E-state index in [2.05, 4.69) is 31.1 Å². The Bertz CT molecular complexity index is 1240. The van der Waals surface area contributed by atoms with E-state index in [9.17, 15) is 9.59 Å². The van der Waals surface area contributed by atoms with Crippen LogP contribution in [0.15, 0.2) is 36.4 Å². The van der Waals surface area contributed by atoms with Crippen molar-refractivity contribution in [3.63, 3.8) is 0 Å². The summed E-state index contributed by atoms with van der Waals surface area (Å²) in [4.78, 5) is 28.7. The van der Waals surface area contributed by atoms with Gasteiger partial charge >= 0.3 is 0 Å². The molecule has 1 aliphatic carbocycles. The lowest BCUT2D eigenvalue weighted by atomic mass is 9.92. The zero-order valence-electron chi connectivity index (χ0n) is 17.8. The fourth-order valence-corrected chi connectivity index (χ4v) is 4.13. The molecule has 0 saturated heterocycles. The highest BCUT2D eigenvalue weighted by Gasteiger charge is 2.51. The van der Waals surface area contributed by atoms with Gasteiger partial charge in [-0.05, 0) is 48.7 Å². The number of aromatic amines is 1. The maximum absolute atomic E-state index is 13.3. The number of aromatic nitrogens is 1. The van der Waals surface area contributed by atoms with E-state index >= 15 is 0 Å². The van der Waals surface area contributed by atoms with Crippen LogP contribution in [-0.4, -0.2) is 23.6 Å². The minimum absolute atomic E-state index is 0. The minimum Gasteiger partial charge on any atom is -0.454 e. The van der Waals surface area contributed by atoms with Crippen molar-refractivity contribution in [2.75, 3.05) is 12.1 Å². The van der Waals surface area contributed by atoms with Gasteiger partial charge in [0.25, 0.3) is 5.91 Å². The molecule has 1 saturated carbocycles. The van der Waals surface area contributed by atoms with Crippen molar-refractivity contribution in [1.82, 2.24) is 4.98 Å². The number of nitrogens with one attached hydrogen (secondary N) is 2. The first-order valence-corrected chi connectivity index (χ1v) is 10.4. The normalized spacial score (nSPS) is 16.4. The predicted octanol–water partition coefficient (Wildman–Crippen LogP) is 4.46. The summed E-state index contributed by atoms with van der Waals surface area (Å²) >= 11 is 0. The summed E-state index contributed by atoms with van der Waals surface area (Å²) in [7, 11) is 0. The van der Waals surface area contributed by atoms with E-state index in [1.807, 2.05) is 30.3 Å². The molecule has 1 aliphatic heterocycles. The Kier molecular flexibility index (Phi) is 4.09. The Morgan fingerprint density at radius 1 is 1.10 bits per heavy atom. The number of anilines is 1. The molecule has 0 unspecified atom stereocenters. The van der Waals surface area contributed by atoms with E-state index in [4.69, 9.17) is 15.2 Å². The number of amides is 2. The molecule has 7 nitrogen and oxygen atoms in total. The topological polar surface area (TPSA) is 106 Å². The summed E-state index contributed by atoms with van der Waals surface area (Å²) in [5, 5.41) is 3.85. The van der Waals surface area contributed by atoms with Gasteiger partial charge in [-0.3, -0.25) is 9.59 Å². The zero-order chi connectivity index (χ0) is 22.0. The van der Waals surface area contributed by atoms with Crippen LogP contribution in [0.3, 0.4) is 0 Å². The van der Waals surface area contributed by atoms with Crippen LogP contribution in [0.4, 0.5) is 5.69 Å². The molecule has 1 aromatic heterocycles. The van der Waals surface area contributed by atoms with Gasteiger partial charge in [-0.2, -0.15) is 0 Å². The second-order valence-electron chi connectivity index (χ2n) is 9.39. The van der Waals surface area contributed by atoms with Crippen LogP contribution in [0.25, 0.3) is 10.9 Å². The van der Waals surface area contributed by atoms with E-state index < -0.39 is 11.3 Å². The van der Waals surface area contributed by atoms with Crippen LogP contribution in [0, 0.1) is 0 Å². The summed E-state index contributed by atoms with van der Waals surface area (Å²) < 4.78 is 10.8. The number of rotatable bonds is 4. The molecule has 2 heterocycles. The summed E-state index contributed by atoms with van der Waals surface area (Å²) in [6, 6.07) is 11.2. The summed E-state index contributed by atoms with van der Waals surface area (Å²) in [5.74, 6) is 0.711. The van der Waals surface area contributed by atoms with Gasteiger partial charge in [-0.15, -0.1) is 0 Å². The quantitative estimate of drug-likeness (QED) is 0.576. The van der Waals surface area contributed by atoms with Crippen molar-refractivity contribution in [2.24, 2.45) is 5.73 Å². The van der Waals surface area contributed by atoms with Crippen LogP contribution in [0.5, 0.6) is 11.5 Å². The molecule has 5 rings (SSSR count). The molecule has 4 N–H and O–H groups in total. The van der Waals surface area contributed by atoms with E-state index in [0.29, 0.717) is 28.3 Å². The van der Waals surface area contributed by atoms with Crippen LogP contribution < -0.4 is 20.5 Å². The van der Waals surface area contributed by atoms with Crippen molar-refractivity contribution in [1.29, 1.82) is 0 Å². The third-order valence-electron chi connectivity index (χ3n) is 6.17. The average Bonchev–Trinajstić information content (AvgIpc) is 3.17. The standard InChI is InChI=1S/C24H25N3O4.2H2/c1-23(2,3)19-9-13-8-15(11-16(21(25)28)20(13)27-19)26-22(29)24(6-7-24)14-4-5-17-18(10-14)31-12-30-17;;/h4-5,8-11,27H,6-7,12H2,1-3H3,(H2,25,28)(H,26,29);2*1H. The second-order valence-corrected chi connectivity index (χ2v) is 9.39. The number of carbonyl (C=O) groups excluding carboxylic acids is 2. The first-order valence-electron chi connectivity index (χ1n) is 10.4. The minimum atomic E-state index is -0.600. The Morgan fingerprint density at radius 2 is 1.84 bits per heavy atom. The molecule has 0 atom stereocenters. The highest BCUT2D eigenvalue weighted by molar-refractivity contribution is 6.09. The SMILES string of the molecule is CC(C)(C)c1cc2cc(NC(=O)C3(c4ccc5c(c4)OCO5)CC3)cc(C(N)=O)c2[nH]1.[HH].[HH]. The largest absolute Gasteiger partial charge is 0.454 e. The third-order valence-corrected chi connectivity index (χ3v) is 6.17. The zero-order valence-corrected chi connectivity index (χ0v) is 17.8. The summed E-state index contributed by atoms with van der Waals surface area (Å²) in [5.41, 5.74) is 8.42. The van der Waals surface area contributed by atoms with E-state index in [0.717, 1.165) is 29.5 Å². The Hall–Kier alpha value is -3.48. The highest BCUT2D eigenvalue weighted by atomic mass is 16.7. The average molecular weight is 424 g/mol. The number of primary amides is 1. The molecule has 0 radical (unpaired) electrons. The smallest absolute Gasteiger partial charge is 0.250 e. The van der Waals surface area contributed by atoms with Gasteiger partial charge in [0.1, 0.15) is 0 Å². The fourth-order valence-electron chi connectivity index (χ4n) is 4.13. The highest BCUT2D eigenvalue weighted by Crippen LogP contribution is 2.51. The van der Waals surface area contributed by atoms with Crippen molar-refractivity contribution < 1.29 is 21.9 Å². The molecule has 0 spiro atoms. The van der Waals surface area contributed by atoms with Crippen molar-refractivity contribution in [3.8, 4) is 11.5 Å². The number of ether oxygens (including phenoxy) is 2. The van der Waals surface area contributed by atoms with Crippen LogP contribution in [-0.2, 0) is 15.6 Å². The monoisotopic (exact) mass is 423 g/mol. The van der Waals surface area contributed by atoms with Gasteiger partial charge < -0.3 is 25.5 Å². The molecule has 2 aromatic carbocycles. The molecule has 2 aliphatic rings. The second kappa shape index (κ2) is 6.51. The van der Waals surface area contributed by atoms with Crippen LogP contribution in [0.2, 0.25) is 0 Å². The molecule has 2 amide bonds. The number of fused-ring (bicyclic) bond motifs is 2. The third kappa shape index (κ3) is 3.21. The van der Waals surface area contributed by atoms with Crippen molar-refractivity contribution in [3.05, 3.63) is 53.2 Å². The molecule has 0 bridgehead atoms. The molecule has 7 heteroatoms. The number of carbonyl (C=O) groups is 2. The number of hydrogen-bond donors (Lipinski definition) is 3. The molecule has 3 aromatic rings. The molecule has 1 fully saturated rings. The van der Waals surface area contributed by atoms with Crippen molar-refractivity contribution >= 4 is 28.4 Å². The van der Waals surface area contributed by atoms with Crippen LogP contribution >= 0.6 is 0 Å². The number of nitrogens with two attached hydrogens (primary N) is 1. The lowest BCUT2D eigenvalue weighted by Gasteiger charge is -2.17. The van der Waals surface area contributed by atoms with Gasteiger partial charge in [-0.25, -0.2) is 0 Å². The Morgan fingerprint density at radius 3 is 2.52 bits per heavy atom. The predicted molar refractivity (Wildman–Crippen MR) is 122 cm³/mol. The van der Waals surface area contributed by atoms with Crippen molar-refractivity contribution in [2.45, 2.75) is 44.4 Å². The van der Waals surface area contributed by atoms with Gasteiger partial charge in [0.05, 0.1) is 16.5 Å². The fraction of sp³-hybridized carbons (Fsp3) is 0.333. The van der Waals surface area contributed by atoms with Gasteiger partial charge in [0, 0.05) is 25.0 Å². The molecular formula is C24H29N3O4. The van der Waals surface area contributed by atoms with E-state index in [1.165, 1.54) is 0 Å². The number of benzene rings is 2. The lowest BCUT2D eigenvalue weighted by Crippen LogP contribution is -2.28. The maximum atomic E-state index is 13.3. The number of hydrogen-bond acceptors (Lipinski definition) is 4. The van der Waals surface area contributed by atoms with E-state index in [-0.39, 0.29) is 21.0 Å². The maximum Gasteiger partial charge on any atom is 0.250 e. The molecule has 31 heavy (non-hydrogen) atoms. The Labute approximate surface area is 182 Å². The summed E-state index contributed by atoms with van der Waals surface area (Å²) in [6.07, 6.45) is 1.50. The lowest BCUT2D eigenvalue weighted by molar-refractivity contribution is -0.118. The van der Waals surface area contributed by atoms with Gasteiger partial charge in [0.2, 0.25) is 12.7 Å². The summed E-state index contributed by atoms with van der Waals surface area (Å²) in [6.45, 7) is 6.47. The van der Waals surface area contributed by atoms with Gasteiger partial charge in [0.15, 0.2) is 11.5 Å². The van der Waals surface area contributed by atoms with E-state index in [1.54, 1.807) is 6.07 Å².